The highest BCUT2D eigenvalue weighted by molar-refractivity contribution is 5.91. The van der Waals surface area contributed by atoms with Crippen LogP contribution in [-0.4, -0.2) is 39.1 Å². The lowest BCUT2D eigenvalue weighted by atomic mass is 10.0. The Bertz CT molecular complexity index is 588. The molecule has 0 bridgehead atoms. The molecule has 0 amide bonds. The van der Waals surface area contributed by atoms with Gasteiger partial charge in [0.25, 0.3) is 0 Å². The number of fused-ring (bicyclic) bond motifs is 1. The van der Waals surface area contributed by atoms with E-state index in [1.807, 2.05) is 0 Å². The Kier molecular flexibility index (Phi) is 3.84. The minimum Gasteiger partial charge on any atom is -0.475 e. The monoisotopic (exact) mass is 266 g/mol. The van der Waals surface area contributed by atoms with Gasteiger partial charge in [0.1, 0.15) is 11.7 Å². The fourth-order valence-corrected chi connectivity index (χ4v) is 1.86. The van der Waals surface area contributed by atoms with Gasteiger partial charge in [-0.15, -0.1) is 0 Å². The Morgan fingerprint density at radius 1 is 1.26 bits per heavy atom. The maximum Gasteiger partial charge on any atom is 0.371 e. The molecule has 2 atom stereocenters. The van der Waals surface area contributed by atoms with Gasteiger partial charge in [-0.3, -0.25) is 0 Å². The van der Waals surface area contributed by atoms with Crippen molar-refractivity contribution >= 4 is 16.9 Å². The van der Waals surface area contributed by atoms with Gasteiger partial charge in [0.2, 0.25) is 5.76 Å². The maximum atomic E-state index is 10.8. The van der Waals surface area contributed by atoms with Crippen LogP contribution in [-0.2, 0) is 0 Å². The number of furan rings is 1. The number of aliphatic hydroxyl groups is 3. The fraction of sp³-hybridized carbons (Fsp3) is 0.308. The second-order valence-corrected chi connectivity index (χ2v) is 4.24. The van der Waals surface area contributed by atoms with Gasteiger partial charge in [-0.25, -0.2) is 4.79 Å². The van der Waals surface area contributed by atoms with Crippen LogP contribution in [0.5, 0.6) is 0 Å². The van der Waals surface area contributed by atoms with E-state index >= 15 is 0 Å². The molecule has 102 valence electrons. The van der Waals surface area contributed by atoms with Crippen molar-refractivity contribution in [3.63, 3.8) is 0 Å². The molecule has 0 fully saturated rings. The van der Waals surface area contributed by atoms with Crippen LogP contribution in [0.4, 0.5) is 0 Å². The van der Waals surface area contributed by atoms with Crippen LogP contribution >= 0.6 is 0 Å². The lowest BCUT2D eigenvalue weighted by Crippen LogP contribution is -2.19. The molecule has 6 heteroatoms. The molecule has 2 unspecified atom stereocenters. The van der Waals surface area contributed by atoms with E-state index in [1.165, 1.54) is 12.1 Å². The molecule has 2 rings (SSSR count). The van der Waals surface area contributed by atoms with E-state index in [0.717, 1.165) is 0 Å². The van der Waals surface area contributed by atoms with Crippen LogP contribution in [0, 0.1) is 0 Å². The van der Waals surface area contributed by atoms with E-state index in [9.17, 15) is 15.0 Å². The zero-order chi connectivity index (χ0) is 14.0. The minimum absolute atomic E-state index is 0.0605. The number of aromatic carboxylic acids is 1. The molecule has 1 aromatic carbocycles. The second-order valence-electron chi connectivity index (χ2n) is 4.24. The van der Waals surface area contributed by atoms with Crippen molar-refractivity contribution in [3.05, 3.63) is 35.6 Å². The lowest BCUT2D eigenvalue weighted by Gasteiger charge is -2.17. The number of carboxylic acid groups (broad SMARTS) is 1. The molecule has 0 aliphatic rings. The molecule has 1 heterocycles. The lowest BCUT2D eigenvalue weighted by molar-refractivity contribution is 0.00428. The SMILES string of the molecule is O=C(O)c1cc2cc(C(O)C(O)CCO)ccc2o1. The second kappa shape index (κ2) is 5.40. The summed E-state index contributed by atoms with van der Waals surface area (Å²) in [6.07, 6.45) is -2.15. The molecule has 19 heavy (non-hydrogen) atoms. The van der Waals surface area contributed by atoms with Crippen LogP contribution in [0.15, 0.2) is 28.7 Å². The first-order chi connectivity index (χ1) is 9.02. The van der Waals surface area contributed by atoms with Gasteiger partial charge in [0, 0.05) is 12.0 Å². The molecule has 2 aromatic rings. The number of benzene rings is 1. The number of aliphatic hydroxyl groups excluding tert-OH is 3. The first-order valence-electron chi connectivity index (χ1n) is 5.76. The van der Waals surface area contributed by atoms with Crippen molar-refractivity contribution in [3.8, 4) is 0 Å². The van der Waals surface area contributed by atoms with Crippen molar-refractivity contribution in [2.24, 2.45) is 0 Å². The molecule has 0 aliphatic carbocycles. The topological polar surface area (TPSA) is 111 Å². The summed E-state index contributed by atoms with van der Waals surface area (Å²) < 4.78 is 5.09. The average molecular weight is 266 g/mol. The number of hydrogen-bond donors (Lipinski definition) is 4. The Morgan fingerprint density at radius 2 is 2.00 bits per heavy atom. The van der Waals surface area contributed by atoms with Gasteiger partial charge in [-0.05, 0) is 30.2 Å². The number of carbonyl (C=O) groups is 1. The highest BCUT2D eigenvalue weighted by Gasteiger charge is 2.19. The smallest absolute Gasteiger partial charge is 0.371 e. The van der Waals surface area contributed by atoms with E-state index in [2.05, 4.69) is 0 Å². The molecule has 4 N–H and O–H groups in total. The minimum atomic E-state index is -1.17. The van der Waals surface area contributed by atoms with Crippen LogP contribution in [0.2, 0.25) is 0 Å². The standard InChI is InChI=1S/C13H14O6/c14-4-3-9(15)12(16)7-1-2-10-8(5-7)6-11(19-10)13(17)18/h1-2,5-6,9,12,14-16H,3-4H2,(H,17,18). The number of hydrogen-bond acceptors (Lipinski definition) is 5. The Labute approximate surface area is 108 Å². The third kappa shape index (κ3) is 2.76. The molecule has 0 aliphatic heterocycles. The first kappa shape index (κ1) is 13.5. The van der Waals surface area contributed by atoms with Crippen molar-refractivity contribution in [1.29, 1.82) is 0 Å². The zero-order valence-corrected chi connectivity index (χ0v) is 9.98. The largest absolute Gasteiger partial charge is 0.475 e. The van der Waals surface area contributed by atoms with Crippen molar-refractivity contribution in [1.82, 2.24) is 0 Å². The van der Waals surface area contributed by atoms with Gasteiger partial charge in [-0.1, -0.05) is 6.07 Å². The summed E-state index contributed by atoms with van der Waals surface area (Å²) in [5, 5.41) is 37.6. The highest BCUT2D eigenvalue weighted by Crippen LogP contribution is 2.26. The first-order valence-corrected chi connectivity index (χ1v) is 5.76. The van der Waals surface area contributed by atoms with Gasteiger partial charge < -0.3 is 24.8 Å². The van der Waals surface area contributed by atoms with Gasteiger partial charge in [0.15, 0.2) is 0 Å². The summed E-state index contributed by atoms with van der Waals surface area (Å²) >= 11 is 0. The summed E-state index contributed by atoms with van der Waals surface area (Å²) in [7, 11) is 0. The summed E-state index contributed by atoms with van der Waals surface area (Å²) in [5.41, 5.74) is 0.830. The van der Waals surface area contributed by atoms with E-state index < -0.39 is 18.2 Å². The normalized spacial score (nSPS) is 14.5. The molecule has 0 spiro atoms. The maximum absolute atomic E-state index is 10.8. The Hall–Kier alpha value is -1.89. The third-order valence-corrected chi connectivity index (χ3v) is 2.88. The number of carboxylic acids is 1. The number of rotatable bonds is 5. The molecule has 6 nitrogen and oxygen atoms in total. The van der Waals surface area contributed by atoms with Crippen molar-refractivity contribution < 1.29 is 29.6 Å². The van der Waals surface area contributed by atoms with Crippen molar-refractivity contribution in [2.75, 3.05) is 6.61 Å². The van der Waals surface area contributed by atoms with E-state index in [4.69, 9.17) is 14.6 Å². The van der Waals surface area contributed by atoms with Gasteiger partial charge in [0.05, 0.1) is 6.10 Å². The van der Waals surface area contributed by atoms with E-state index in [-0.39, 0.29) is 18.8 Å². The molecular weight excluding hydrogens is 252 g/mol. The van der Waals surface area contributed by atoms with Gasteiger partial charge in [-0.2, -0.15) is 0 Å². The quantitative estimate of drug-likeness (QED) is 0.640. The van der Waals surface area contributed by atoms with Crippen LogP contribution in [0.3, 0.4) is 0 Å². The predicted octanol–water partition coefficient (Wildman–Crippen LogP) is 0.908. The Balaban J connectivity index is 2.32. The summed E-state index contributed by atoms with van der Waals surface area (Å²) in [4.78, 5) is 10.8. The fourth-order valence-electron chi connectivity index (χ4n) is 1.86. The van der Waals surface area contributed by atoms with E-state index in [0.29, 0.717) is 16.5 Å². The average Bonchev–Trinajstić information content (AvgIpc) is 2.81. The molecule has 0 saturated carbocycles. The van der Waals surface area contributed by atoms with Gasteiger partial charge >= 0.3 is 5.97 Å². The summed E-state index contributed by atoms with van der Waals surface area (Å²) in [6, 6.07) is 5.98. The van der Waals surface area contributed by atoms with Crippen LogP contribution in [0.25, 0.3) is 11.0 Å². The molecule has 1 aromatic heterocycles. The molecule has 0 saturated heterocycles. The van der Waals surface area contributed by atoms with Crippen molar-refractivity contribution in [2.45, 2.75) is 18.6 Å². The van der Waals surface area contributed by atoms with Crippen LogP contribution < -0.4 is 0 Å². The summed E-state index contributed by atoms with van der Waals surface area (Å²) in [6.45, 7) is -0.227. The molecular formula is C13H14O6. The molecule has 0 radical (unpaired) electrons. The summed E-state index contributed by atoms with van der Waals surface area (Å²) in [5.74, 6) is -1.35. The van der Waals surface area contributed by atoms with Crippen LogP contribution in [0.1, 0.15) is 28.6 Å². The zero-order valence-electron chi connectivity index (χ0n) is 9.98. The highest BCUT2D eigenvalue weighted by atomic mass is 16.4. The van der Waals surface area contributed by atoms with E-state index in [1.54, 1.807) is 12.1 Å². The third-order valence-electron chi connectivity index (χ3n) is 2.88. The Morgan fingerprint density at radius 3 is 2.63 bits per heavy atom. The predicted molar refractivity (Wildman–Crippen MR) is 65.8 cm³/mol.